The fourth-order valence-electron chi connectivity index (χ4n) is 1.99. The molecule has 7 nitrogen and oxygen atoms in total. The Morgan fingerprint density at radius 1 is 1.58 bits per heavy atom. The second kappa shape index (κ2) is 7.08. The number of carbonyl (C=O) groups is 3. The van der Waals surface area contributed by atoms with E-state index in [0.717, 1.165) is 0 Å². The summed E-state index contributed by atoms with van der Waals surface area (Å²) in [4.78, 5) is 36.0. The summed E-state index contributed by atoms with van der Waals surface area (Å²) < 4.78 is 4.89. The first kappa shape index (κ1) is 15.4. The van der Waals surface area contributed by atoms with Crippen molar-refractivity contribution in [3.8, 4) is 0 Å². The molecule has 1 aliphatic heterocycles. The molecule has 1 fully saturated rings. The molecule has 0 bridgehead atoms. The molecule has 0 spiro atoms. The summed E-state index contributed by atoms with van der Waals surface area (Å²) in [5.41, 5.74) is 0. The van der Waals surface area contributed by atoms with Crippen molar-refractivity contribution in [2.45, 2.75) is 25.8 Å². The smallest absolute Gasteiger partial charge is 0.326 e. The van der Waals surface area contributed by atoms with Gasteiger partial charge in [-0.15, -0.1) is 0 Å². The van der Waals surface area contributed by atoms with Crippen LogP contribution in [0.3, 0.4) is 0 Å². The zero-order valence-corrected chi connectivity index (χ0v) is 11.2. The van der Waals surface area contributed by atoms with Gasteiger partial charge in [-0.1, -0.05) is 6.92 Å². The Hall–Kier alpha value is -1.63. The lowest BCUT2D eigenvalue weighted by molar-refractivity contribution is -0.142. The third kappa shape index (κ3) is 4.20. The van der Waals surface area contributed by atoms with Crippen molar-refractivity contribution in [1.29, 1.82) is 0 Å². The summed E-state index contributed by atoms with van der Waals surface area (Å²) in [5.74, 6) is -2.00. The van der Waals surface area contributed by atoms with Crippen molar-refractivity contribution >= 4 is 17.8 Å². The van der Waals surface area contributed by atoms with Gasteiger partial charge in [-0.2, -0.15) is 0 Å². The predicted molar refractivity (Wildman–Crippen MR) is 66.4 cm³/mol. The molecule has 1 aliphatic rings. The van der Waals surface area contributed by atoms with Crippen LogP contribution >= 0.6 is 0 Å². The molecule has 1 unspecified atom stereocenters. The molecule has 2 atom stereocenters. The molecule has 0 aromatic heterocycles. The third-order valence-electron chi connectivity index (χ3n) is 3.17. The van der Waals surface area contributed by atoms with Crippen LogP contribution in [0.2, 0.25) is 0 Å². The third-order valence-corrected chi connectivity index (χ3v) is 3.17. The van der Waals surface area contributed by atoms with E-state index in [1.54, 1.807) is 18.9 Å². The standard InChI is InChI=1S/C12H20N2O5/c1-3-9(12(17)18)13-11(16)8-6-10(15)14(7-8)4-5-19-2/h8-9H,3-7H2,1-2H3,(H,13,16)(H,17,18)/t8?,9-/m0/s1. The van der Waals surface area contributed by atoms with Gasteiger partial charge < -0.3 is 20.1 Å². The lowest BCUT2D eigenvalue weighted by Gasteiger charge is -2.17. The van der Waals surface area contributed by atoms with Gasteiger partial charge in [-0.3, -0.25) is 9.59 Å². The molecule has 0 radical (unpaired) electrons. The maximum absolute atomic E-state index is 11.9. The van der Waals surface area contributed by atoms with E-state index >= 15 is 0 Å². The maximum Gasteiger partial charge on any atom is 0.326 e. The number of ether oxygens (including phenoxy) is 1. The molecule has 1 saturated heterocycles. The first-order valence-electron chi connectivity index (χ1n) is 6.29. The highest BCUT2D eigenvalue weighted by Crippen LogP contribution is 2.17. The average Bonchev–Trinajstić information content (AvgIpc) is 2.74. The first-order chi connectivity index (χ1) is 8.99. The lowest BCUT2D eigenvalue weighted by atomic mass is 10.1. The van der Waals surface area contributed by atoms with Gasteiger partial charge in [0.2, 0.25) is 11.8 Å². The largest absolute Gasteiger partial charge is 0.480 e. The molecule has 2 amide bonds. The Balaban J connectivity index is 2.51. The van der Waals surface area contributed by atoms with Crippen molar-refractivity contribution in [2.24, 2.45) is 5.92 Å². The monoisotopic (exact) mass is 272 g/mol. The number of carboxylic acids is 1. The van der Waals surface area contributed by atoms with Crippen LogP contribution in [0.4, 0.5) is 0 Å². The molecule has 7 heteroatoms. The normalized spacial score (nSPS) is 20.4. The van der Waals surface area contributed by atoms with Crippen molar-refractivity contribution in [1.82, 2.24) is 10.2 Å². The summed E-state index contributed by atoms with van der Waals surface area (Å²) in [6, 6.07) is -0.893. The topological polar surface area (TPSA) is 95.9 Å². The minimum atomic E-state index is -1.06. The Labute approximate surface area is 111 Å². The number of hydrogen-bond acceptors (Lipinski definition) is 4. The van der Waals surface area contributed by atoms with Crippen LogP contribution in [0.1, 0.15) is 19.8 Å². The van der Waals surface area contributed by atoms with Gasteiger partial charge in [0.25, 0.3) is 0 Å². The van der Waals surface area contributed by atoms with Crippen molar-refractivity contribution in [3.05, 3.63) is 0 Å². The zero-order chi connectivity index (χ0) is 14.4. The molecule has 19 heavy (non-hydrogen) atoms. The van der Waals surface area contributed by atoms with Gasteiger partial charge in [-0.25, -0.2) is 4.79 Å². The van der Waals surface area contributed by atoms with E-state index in [9.17, 15) is 14.4 Å². The highest BCUT2D eigenvalue weighted by Gasteiger charge is 2.35. The Morgan fingerprint density at radius 2 is 2.26 bits per heavy atom. The number of hydrogen-bond donors (Lipinski definition) is 2. The van der Waals surface area contributed by atoms with E-state index in [1.807, 2.05) is 0 Å². The van der Waals surface area contributed by atoms with Crippen LogP contribution < -0.4 is 5.32 Å². The quantitative estimate of drug-likeness (QED) is 0.649. The van der Waals surface area contributed by atoms with Gasteiger partial charge in [0.1, 0.15) is 6.04 Å². The second-order valence-corrected chi connectivity index (χ2v) is 4.54. The minimum Gasteiger partial charge on any atom is -0.480 e. The van der Waals surface area contributed by atoms with E-state index in [4.69, 9.17) is 9.84 Å². The summed E-state index contributed by atoms with van der Waals surface area (Å²) in [7, 11) is 1.55. The number of rotatable bonds is 7. The molecule has 2 N–H and O–H groups in total. The SMILES string of the molecule is CC[C@H](NC(=O)C1CC(=O)N(CCOC)C1)C(=O)O. The summed E-state index contributed by atoms with van der Waals surface area (Å²) in [6.07, 6.45) is 0.445. The van der Waals surface area contributed by atoms with E-state index in [0.29, 0.717) is 26.1 Å². The van der Waals surface area contributed by atoms with Crippen LogP contribution in [-0.2, 0) is 19.1 Å². The van der Waals surface area contributed by atoms with Crippen LogP contribution in [-0.4, -0.2) is 60.6 Å². The van der Waals surface area contributed by atoms with E-state index in [1.165, 1.54) is 0 Å². The molecular formula is C12H20N2O5. The van der Waals surface area contributed by atoms with E-state index in [-0.39, 0.29) is 18.2 Å². The number of nitrogens with zero attached hydrogens (tertiary/aromatic N) is 1. The van der Waals surface area contributed by atoms with Gasteiger partial charge in [-0.05, 0) is 6.42 Å². The van der Waals surface area contributed by atoms with Crippen LogP contribution in [0, 0.1) is 5.92 Å². The zero-order valence-electron chi connectivity index (χ0n) is 11.2. The van der Waals surface area contributed by atoms with Crippen LogP contribution in [0.15, 0.2) is 0 Å². The maximum atomic E-state index is 11.9. The summed E-state index contributed by atoms with van der Waals surface area (Å²) in [5, 5.41) is 11.3. The van der Waals surface area contributed by atoms with Gasteiger partial charge in [0, 0.05) is 26.6 Å². The molecular weight excluding hydrogens is 252 g/mol. The first-order valence-corrected chi connectivity index (χ1v) is 6.29. The number of amides is 2. The van der Waals surface area contributed by atoms with Crippen LogP contribution in [0.5, 0.6) is 0 Å². The predicted octanol–water partition coefficient (Wildman–Crippen LogP) is -0.539. The second-order valence-electron chi connectivity index (χ2n) is 4.54. The average molecular weight is 272 g/mol. The number of nitrogens with one attached hydrogen (secondary N) is 1. The number of methoxy groups -OCH3 is 1. The van der Waals surface area contributed by atoms with Crippen molar-refractivity contribution < 1.29 is 24.2 Å². The molecule has 1 rings (SSSR count). The number of carbonyl (C=O) groups excluding carboxylic acids is 2. The Morgan fingerprint density at radius 3 is 2.79 bits per heavy atom. The highest BCUT2D eigenvalue weighted by atomic mass is 16.5. The molecule has 0 aromatic carbocycles. The lowest BCUT2D eigenvalue weighted by Crippen LogP contribution is -2.43. The van der Waals surface area contributed by atoms with Crippen LogP contribution in [0.25, 0.3) is 0 Å². The van der Waals surface area contributed by atoms with E-state index in [2.05, 4.69) is 5.32 Å². The molecule has 0 aromatic rings. The van der Waals surface area contributed by atoms with Crippen molar-refractivity contribution in [2.75, 3.05) is 26.8 Å². The fourth-order valence-corrected chi connectivity index (χ4v) is 1.99. The number of likely N-dealkylation sites (tertiary alicyclic amines) is 1. The Bertz CT molecular complexity index is 358. The van der Waals surface area contributed by atoms with Crippen molar-refractivity contribution in [3.63, 3.8) is 0 Å². The van der Waals surface area contributed by atoms with Gasteiger partial charge >= 0.3 is 5.97 Å². The van der Waals surface area contributed by atoms with Gasteiger partial charge in [0.05, 0.1) is 12.5 Å². The van der Waals surface area contributed by atoms with E-state index < -0.39 is 17.9 Å². The molecule has 108 valence electrons. The minimum absolute atomic E-state index is 0.0967. The Kier molecular flexibility index (Phi) is 5.75. The summed E-state index contributed by atoms with van der Waals surface area (Å²) in [6.45, 7) is 2.88. The number of aliphatic carboxylic acids is 1. The molecule has 0 saturated carbocycles. The summed E-state index contributed by atoms with van der Waals surface area (Å²) >= 11 is 0. The molecule has 0 aliphatic carbocycles. The highest BCUT2D eigenvalue weighted by molar-refractivity contribution is 5.91. The number of carboxylic acid groups (broad SMARTS) is 1. The molecule has 1 heterocycles. The van der Waals surface area contributed by atoms with Gasteiger partial charge in [0.15, 0.2) is 0 Å². The fraction of sp³-hybridized carbons (Fsp3) is 0.750.